The van der Waals surface area contributed by atoms with Gasteiger partial charge in [-0.25, -0.2) is 0 Å². The molecule has 6 heteroatoms. The molecule has 0 spiro atoms. The third-order valence-corrected chi connectivity index (χ3v) is 4.20. The van der Waals surface area contributed by atoms with Crippen LogP contribution in [0.4, 0.5) is 0 Å². The summed E-state index contributed by atoms with van der Waals surface area (Å²) in [7, 11) is 0. The molecule has 1 N–H and O–H groups in total. The molecule has 3 rings (SSSR count). The molecule has 2 aromatic rings. The van der Waals surface area contributed by atoms with Gasteiger partial charge in [-0.1, -0.05) is 40.9 Å². The summed E-state index contributed by atoms with van der Waals surface area (Å²) >= 11 is 3.46. The van der Waals surface area contributed by atoms with Crippen molar-refractivity contribution >= 4 is 15.9 Å². The minimum Gasteiger partial charge on any atom is -0.391 e. The summed E-state index contributed by atoms with van der Waals surface area (Å²) in [4.78, 5) is 1.59. The number of aliphatic hydroxyl groups is 1. The van der Waals surface area contributed by atoms with Crippen LogP contribution < -0.4 is 0 Å². The first-order chi connectivity index (χ1) is 9.72. The quantitative estimate of drug-likeness (QED) is 0.935. The van der Waals surface area contributed by atoms with Gasteiger partial charge >= 0.3 is 0 Å². The molecule has 0 radical (unpaired) electrons. The fraction of sp³-hybridized carbons (Fsp3) is 0.500. The lowest BCUT2D eigenvalue weighted by Crippen LogP contribution is -2.29. The maximum atomic E-state index is 10.0. The van der Waals surface area contributed by atoms with Gasteiger partial charge in [-0.05, 0) is 35.8 Å². The van der Waals surface area contributed by atoms with Gasteiger partial charge in [0.2, 0.25) is 0 Å². The number of benzene rings is 1. The molecule has 106 valence electrons. The second kappa shape index (κ2) is 6.01. The molecule has 1 saturated carbocycles. The molecule has 0 amide bonds. The van der Waals surface area contributed by atoms with Crippen LogP contribution in [-0.4, -0.2) is 31.4 Å². The summed E-state index contributed by atoms with van der Waals surface area (Å²) in [5.41, 5.74) is 1.14. The van der Waals surface area contributed by atoms with Crippen LogP contribution in [0.1, 0.15) is 43.1 Å². The second-order valence-corrected chi connectivity index (χ2v) is 6.17. The molecule has 1 aliphatic rings. The van der Waals surface area contributed by atoms with Crippen LogP contribution in [-0.2, 0) is 6.42 Å². The Labute approximate surface area is 126 Å². The lowest BCUT2D eigenvalue weighted by Gasteiger charge is -2.25. The second-order valence-electron chi connectivity index (χ2n) is 5.25. The number of nitrogens with zero attached hydrogens (tertiary/aromatic N) is 4. The number of halogens is 1. The van der Waals surface area contributed by atoms with Crippen molar-refractivity contribution in [1.29, 1.82) is 0 Å². The van der Waals surface area contributed by atoms with E-state index in [1.807, 2.05) is 18.2 Å². The highest BCUT2D eigenvalue weighted by Crippen LogP contribution is 2.27. The molecule has 5 nitrogen and oxygen atoms in total. The monoisotopic (exact) mass is 336 g/mol. The first-order valence-corrected chi connectivity index (χ1v) is 7.72. The van der Waals surface area contributed by atoms with Crippen LogP contribution in [0.5, 0.6) is 0 Å². The third kappa shape index (κ3) is 3.07. The highest BCUT2D eigenvalue weighted by atomic mass is 79.9. The minimum atomic E-state index is -0.350. The number of rotatable bonds is 3. The number of tetrazole rings is 1. The number of aromatic nitrogens is 4. The Hall–Kier alpha value is -1.27. The van der Waals surface area contributed by atoms with Crippen LogP contribution in [0.15, 0.2) is 28.7 Å². The Bertz CT molecular complexity index is 586. The van der Waals surface area contributed by atoms with Gasteiger partial charge in [-0.3, -0.25) is 0 Å². The molecule has 1 aliphatic carbocycles. The lowest BCUT2D eigenvalue weighted by molar-refractivity contribution is 0.0612. The average Bonchev–Trinajstić information content (AvgIpc) is 2.87. The van der Waals surface area contributed by atoms with Crippen molar-refractivity contribution in [3.63, 3.8) is 0 Å². The lowest BCUT2D eigenvalue weighted by atomic mass is 9.93. The Balaban J connectivity index is 1.73. The first kappa shape index (κ1) is 13.7. The van der Waals surface area contributed by atoms with Gasteiger partial charge in [0.1, 0.15) is 0 Å². The molecule has 1 fully saturated rings. The predicted octanol–water partition coefficient (Wildman–Crippen LogP) is 2.50. The normalized spacial score (nSPS) is 22.9. The first-order valence-electron chi connectivity index (χ1n) is 6.93. The molecular weight excluding hydrogens is 320 g/mol. The van der Waals surface area contributed by atoms with E-state index < -0.39 is 0 Å². The predicted molar refractivity (Wildman–Crippen MR) is 78.3 cm³/mol. The Morgan fingerprint density at radius 3 is 2.95 bits per heavy atom. The fourth-order valence-electron chi connectivity index (χ4n) is 2.66. The maximum absolute atomic E-state index is 10.0. The molecule has 0 unspecified atom stereocenters. The van der Waals surface area contributed by atoms with Crippen molar-refractivity contribution < 1.29 is 5.11 Å². The van der Waals surface area contributed by atoms with Crippen LogP contribution >= 0.6 is 15.9 Å². The van der Waals surface area contributed by atoms with Gasteiger partial charge in [0.05, 0.1) is 12.1 Å². The summed E-state index contributed by atoms with van der Waals surface area (Å²) < 4.78 is 1.05. The summed E-state index contributed by atoms with van der Waals surface area (Å²) in [5, 5.41) is 22.7. The molecule has 1 aromatic carbocycles. The fourth-order valence-corrected chi connectivity index (χ4v) is 3.10. The summed E-state index contributed by atoms with van der Waals surface area (Å²) in [6, 6.07) is 8.06. The molecular formula is C14H17BrN4O. The maximum Gasteiger partial charge on any atom is 0.179 e. The summed E-state index contributed by atoms with van der Waals surface area (Å²) in [6.45, 7) is 0. The van der Waals surface area contributed by atoms with E-state index in [1.54, 1.807) is 4.80 Å². The van der Waals surface area contributed by atoms with Crippen molar-refractivity contribution in [3.05, 3.63) is 40.1 Å². The summed E-state index contributed by atoms with van der Waals surface area (Å²) in [6.07, 6.45) is 4.25. The van der Waals surface area contributed by atoms with Crippen molar-refractivity contribution in [1.82, 2.24) is 20.2 Å². The van der Waals surface area contributed by atoms with E-state index in [4.69, 9.17) is 0 Å². The molecule has 1 heterocycles. The van der Waals surface area contributed by atoms with Crippen LogP contribution in [0.3, 0.4) is 0 Å². The topological polar surface area (TPSA) is 63.8 Å². The highest BCUT2D eigenvalue weighted by molar-refractivity contribution is 9.10. The van der Waals surface area contributed by atoms with E-state index in [-0.39, 0.29) is 12.1 Å². The van der Waals surface area contributed by atoms with Gasteiger partial charge in [-0.15, -0.1) is 10.2 Å². The molecule has 20 heavy (non-hydrogen) atoms. The Morgan fingerprint density at radius 1 is 1.30 bits per heavy atom. The zero-order valence-corrected chi connectivity index (χ0v) is 12.7. The van der Waals surface area contributed by atoms with Crippen molar-refractivity contribution in [2.45, 2.75) is 44.2 Å². The van der Waals surface area contributed by atoms with Crippen molar-refractivity contribution in [2.75, 3.05) is 0 Å². The third-order valence-electron chi connectivity index (χ3n) is 3.71. The Morgan fingerprint density at radius 2 is 2.15 bits per heavy atom. The SMILES string of the molecule is O[C@H]1CCCC[C@@H]1n1nnc(Cc2cccc(Br)c2)n1. The molecule has 0 saturated heterocycles. The van der Waals surface area contributed by atoms with Crippen LogP contribution in [0, 0.1) is 0 Å². The van der Waals surface area contributed by atoms with Crippen molar-refractivity contribution in [2.24, 2.45) is 0 Å². The molecule has 1 aromatic heterocycles. The standard InChI is InChI=1S/C14H17BrN4O/c15-11-5-3-4-10(8-11)9-14-16-18-19(17-14)12-6-1-2-7-13(12)20/h3-5,8,12-13,20H,1-2,6-7,9H2/t12-,13-/m0/s1. The molecule has 2 atom stereocenters. The van der Waals surface area contributed by atoms with E-state index in [1.165, 1.54) is 0 Å². The number of hydrogen-bond donors (Lipinski definition) is 1. The van der Waals surface area contributed by atoms with Gasteiger partial charge in [-0.2, -0.15) is 4.80 Å². The van der Waals surface area contributed by atoms with E-state index >= 15 is 0 Å². The largest absolute Gasteiger partial charge is 0.391 e. The molecule has 0 aliphatic heterocycles. The van der Waals surface area contributed by atoms with Gasteiger partial charge in [0.15, 0.2) is 5.82 Å². The highest BCUT2D eigenvalue weighted by Gasteiger charge is 2.26. The number of aliphatic hydroxyl groups excluding tert-OH is 1. The van der Waals surface area contributed by atoms with Crippen LogP contribution in [0.2, 0.25) is 0 Å². The van der Waals surface area contributed by atoms with Crippen molar-refractivity contribution in [3.8, 4) is 0 Å². The molecule has 0 bridgehead atoms. The van der Waals surface area contributed by atoms with E-state index in [2.05, 4.69) is 37.4 Å². The zero-order valence-electron chi connectivity index (χ0n) is 11.1. The van der Waals surface area contributed by atoms with Gasteiger partial charge < -0.3 is 5.11 Å². The minimum absolute atomic E-state index is 0.0208. The number of hydrogen-bond acceptors (Lipinski definition) is 4. The van der Waals surface area contributed by atoms with E-state index in [0.717, 1.165) is 35.7 Å². The smallest absolute Gasteiger partial charge is 0.179 e. The van der Waals surface area contributed by atoms with E-state index in [0.29, 0.717) is 12.2 Å². The summed E-state index contributed by atoms with van der Waals surface area (Å²) in [5.74, 6) is 0.695. The average molecular weight is 337 g/mol. The van der Waals surface area contributed by atoms with Gasteiger partial charge in [0, 0.05) is 10.9 Å². The van der Waals surface area contributed by atoms with Gasteiger partial charge in [0.25, 0.3) is 0 Å². The van der Waals surface area contributed by atoms with Crippen LogP contribution in [0.25, 0.3) is 0 Å². The van der Waals surface area contributed by atoms with E-state index in [9.17, 15) is 5.11 Å². The zero-order chi connectivity index (χ0) is 13.9. The Kier molecular flexibility index (Phi) is 4.12.